The Bertz CT molecular complexity index is 1080. The Morgan fingerprint density at radius 2 is 1.66 bits per heavy atom. The highest BCUT2D eigenvalue weighted by molar-refractivity contribution is 6.10. The minimum atomic E-state index is -0.192. The van der Waals surface area contributed by atoms with Gasteiger partial charge in [-0.2, -0.15) is 0 Å². The zero-order valence-electron chi connectivity index (χ0n) is 17.7. The lowest BCUT2D eigenvalue weighted by Crippen LogP contribution is -2.45. The van der Waals surface area contributed by atoms with Crippen LogP contribution in [0.4, 0.5) is 0 Å². The molecule has 7 nitrogen and oxygen atoms in total. The molecule has 1 fully saturated rings. The number of carbonyl (C=O) groups excluding carboxylic acids is 3. The van der Waals surface area contributed by atoms with Crippen LogP contribution >= 0.6 is 0 Å². The minimum Gasteiger partial charge on any atom is -0.486 e. The van der Waals surface area contributed by atoms with Gasteiger partial charge in [0.15, 0.2) is 17.3 Å². The van der Waals surface area contributed by atoms with Gasteiger partial charge in [-0.15, -0.1) is 0 Å². The predicted octanol–water partition coefficient (Wildman–Crippen LogP) is 3.01. The van der Waals surface area contributed by atoms with E-state index in [1.54, 1.807) is 35.2 Å². The van der Waals surface area contributed by atoms with Crippen LogP contribution in [0.5, 0.6) is 11.5 Å². The number of fused-ring (bicyclic) bond motifs is 2. The van der Waals surface area contributed by atoms with Crippen molar-refractivity contribution in [2.75, 3.05) is 32.8 Å². The molecule has 0 unspecified atom stereocenters. The van der Waals surface area contributed by atoms with Gasteiger partial charge >= 0.3 is 0 Å². The highest BCUT2D eigenvalue weighted by atomic mass is 16.6. The first kappa shape index (κ1) is 20.3. The molecule has 164 valence electrons. The van der Waals surface area contributed by atoms with Crippen LogP contribution in [0.25, 0.3) is 5.70 Å². The predicted molar refractivity (Wildman–Crippen MR) is 118 cm³/mol. The lowest BCUT2D eigenvalue weighted by Gasteiger charge is -2.32. The lowest BCUT2D eigenvalue weighted by atomic mass is 9.88. The number of amides is 2. The number of carbonyl (C=O) groups is 3. The maximum absolute atomic E-state index is 13.0. The van der Waals surface area contributed by atoms with Crippen LogP contribution in [0.2, 0.25) is 0 Å². The van der Waals surface area contributed by atoms with Gasteiger partial charge in [-0.1, -0.05) is 24.8 Å². The van der Waals surface area contributed by atoms with Crippen molar-refractivity contribution < 1.29 is 23.9 Å². The van der Waals surface area contributed by atoms with E-state index in [4.69, 9.17) is 9.47 Å². The zero-order valence-corrected chi connectivity index (χ0v) is 17.7. The number of rotatable bonds is 4. The van der Waals surface area contributed by atoms with Crippen molar-refractivity contribution in [3.8, 4) is 11.5 Å². The van der Waals surface area contributed by atoms with Crippen molar-refractivity contribution in [2.24, 2.45) is 5.92 Å². The van der Waals surface area contributed by atoms with Crippen molar-refractivity contribution in [1.29, 1.82) is 0 Å². The molecule has 32 heavy (non-hydrogen) atoms. The van der Waals surface area contributed by atoms with Crippen molar-refractivity contribution in [3.63, 3.8) is 0 Å². The van der Waals surface area contributed by atoms with Crippen LogP contribution in [0.3, 0.4) is 0 Å². The van der Waals surface area contributed by atoms with Gasteiger partial charge in [0.1, 0.15) is 19.8 Å². The van der Waals surface area contributed by atoms with Crippen molar-refractivity contribution in [2.45, 2.75) is 12.8 Å². The summed E-state index contributed by atoms with van der Waals surface area (Å²) in [5.74, 6) is 0.863. The first-order chi connectivity index (χ1) is 15.5. The van der Waals surface area contributed by atoms with E-state index in [1.807, 2.05) is 12.1 Å². The average molecular weight is 432 g/mol. The summed E-state index contributed by atoms with van der Waals surface area (Å²) in [6.45, 7) is 5.92. The van der Waals surface area contributed by atoms with E-state index in [1.165, 1.54) is 4.90 Å². The molecule has 0 aliphatic carbocycles. The van der Waals surface area contributed by atoms with E-state index >= 15 is 0 Å². The van der Waals surface area contributed by atoms with Crippen LogP contribution in [0.1, 0.15) is 39.1 Å². The molecular formula is C25H24N2O5. The van der Waals surface area contributed by atoms with E-state index in [2.05, 4.69) is 6.58 Å². The van der Waals surface area contributed by atoms with E-state index in [-0.39, 0.29) is 30.1 Å². The Labute approximate surface area is 186 Å². The largest absolute Gasteiger partial charge is 0.486 e. The molecule has 0 radical (unpaired) electrons. The maximum Gasteiger partial charge on any atom is 0.259 e. The molecule has 2 aromatic rings. The molecule has 3 aliphatic heterocycles. The summed E-state index contributed by atoms with van der Waals surface area (Å²) in [5.41, 5.74) is 2.52. The maximum atomic E-state index is 13.0. The second-order valence-corrected chi connectivity index (χ2v) is 8.26. The molecule has 3 heterocycles. The van der Waals surface area contributed by atoms with Gasteiger partial charge in [0, 0.05) is 41.4 Å². The first-order valence-corrected chi connectivity index (χ1v) is 10.8. The molecule has 0 saturated carbocycles. The topological polar surface area (TPSA) is 76.2 Å². The molecule has 0 bridgehead atoms. The summed E-state index contributed by atoms with van der Waals surface area (Å²) in [6, 6.07) is 12.5. The van der Waals surface area contributed by atoms with E-state index in [0.717, 1.165) is 5.56 Å². The normalized spacial score (nSPS) is 18.0. The van der Waals surface area contributed by atoms with Gasteiger partial charge < -0.3 is 14.4 Å². The number of piperidine rings is 1. The fourth-order valence-electron chi connectivity index (χ4n) is 4.56. The summed E-state index contributed by atoms with van der Waals surface area (Å²) in [6.07, 6.45) is 1.18. The monoisotopic (exact) mass is 432 g/mol. The van der Waals surface area contributed by atoms with E-state index < -0.39 is 0 Å². The van der Waals surface area contributed by atoms with Crippen LogP contribution in [0, 0.1) is 5.92 Å². The van der Waals surface area contributed by atoms with Crippen LogP contribution in [0.15, 0.2) is 49.0 Å². The minimum absolute atomic E-state index is 0.0346. The number of ketones is 1. The van der Waals surface area contributed by atoms with Crippen molar-refractivity contribution >= 4 is 23.3 Å². The quantitative estimate of drug-likeness (QED) is 0.695. The second-order valence-electron chi connectivity index (χ2n) is 8.26. The molecule has 1 saturated heterocycles. The Hall–Kier alpha value is -3.61. The molecule has 2 amide bonds. The number of likely N-dealkylation sites (tertiary alicyclic amines) is 1. The standard InChI is InChI=1S/C25H24N2O5/c1-16-19-4-2-3-5-20(19)25(30)27(16)15-23(28)26-10-8-17(9-11-26)24(29)18-6-7-21-22(14-18)32-13-12-31-21/h2-7,14,17H,1,8-13,15H2. The Balaban J connectivity index is 1.19. The van der Waals surface area contributed by atoms with E-state index in [9.17, 15) is 14.4 Å². The number of benzene rings is 2. The molecule has 0 spiro atoms. The smallest absolute Gasteiger partial charge is 0.259 e. The van der Waals surface area contributed by atoms with Crippen molar-refractivity contribution in [3.05, 3.63) is 65.7 Å². The highest BCUT2D eigenvalue weighted by Crippen LogP contribution is 2.33. The third kappa shape index (κ3) is 3.53. The van der Waals surface area contributed by atoms with Crippen molar-refractivity contribution in [1.82, 2.24) is 9.80 Å². The summed E-state index contributed by atoms with van der Waals surface area (Å²) < 4.78 is 11.1. The Kier molecular flexibility index (Phi) is 5.17. The lowest BCUT2D eigenvalue weighted by molar-refractivity contribution is -0.132. The third-order valence-corrected chi connectivity index (χ3v) is 6.38. The summed E-state index contributed by atoms with van der Waals surface area (Å²) >= 11 is 0. The summed E-state index contributed by atoms with van der Waals surface area (Å²) in [7, 11) is 0. The summed E-state index contributed by atoms with van der Waals surface area (Å²) in [5, 5.41) is 0. The third-order valence-electron chi connectivity index (χ3n) is 6.38. The zero-order chi connectivity index (χ0) is 22.2. The molecule has 7 heteroatoms. The fraction of sp³-hybridized carbons (Fsp3) is 0.320. The number of nitrogens with zero attached hydrogens (tertiary/aromatic N) is 2. The molecule has 3 aliphatic rings. The molecule has 0 atom stereocenters. The van der Waals surface area contributed by atoms with Crippen LogP contribution in [-0.4, -0.2) is 60.2 Å². The molecule has 5 rings (SSSR count). The van der Waals surface area contributed by atoms with Gasteiger partial charge in [-0.25, -0.2) is 0 Å². The number of Topliss-reactive ketones (excluding diaryl/α,β-unsaturated/α-hetero) is 1. The fourth-order valence-corrected chi connectivity index (χ4v) is 4.56. The van der Waals surface area contributed by atoms with Gasteiger partial charge in [0.05, 0.1) is 0 Å². The molecular weight excluding hydrogens is 408 g/mol. The number of ether oxygens (including phenoxy) is 2. The SMILES string of the molecule is C=C1c2ccccc2C(=O)N1CC(=O)N1CCC(C(=O)c2ccc3c(c2)OCCO3)CC1. The van der Waals surface area contributed by atoms with Crippen LogP contribution < -0.4 is 9.47 Å². The first-order valence-electron chi connectivity index (χ1n) is 10.8. The second kappa shape index (κ2) is 8.15. The average Bonchev–Trinajstić information content (AvgIpc) is 3.08. The number of hydrogen-bond acceptors (Lipinski definition) is 5. The molecule has 0 aromatic heterocycles. The highest BCUT2D eigenvalue weighted by Gasteiger charge is 2.34. The Morgan fingerprint density at radius 3 is 2.38 bits per heavy atom. The van der Waals surface area contributed by atoms with Crippen LogP contribution in [-0.2, 0) is 4.79 Å². The Morgan fingerprint density at radius 1 is 0.969 bits per heavy atom. The van der Waals surface area contributed by atoms with Gasteiger partial charge in [-0.3, -0.25) is 19.3 Å². The van der Waals surface area contributed by atoms with Gasteiger partial charge in [0.2, 0.25) is 5.91 Å². The van der Waals surface area contributed by atoms with E-state index in [0.29, 0.717) is 67.5 Å². The van der Waals surface area contributed by atoms with Gasteiger partial charge in [-0.05, 0) is 37.1 Å². The summed E-state index contributed by atoms with van der Waals surface area (Å²) in [4.78, 5) is 41.7. The molecule has 0 N–H and O–H groups in total. The number of hydrogen-bond donors (Lipinski definition) is 0. The molecule has 2 aromatic carbocycles. The van der Waals surface area contributed by atoms with Gasteiger partial charge in [0.25, 0.3) is 5.91 Å².